The minimum atomic E-state index is -1.14. The third kappa shape index (κ3) is 1.94. The third-order valence-corrected chi connectivity index (χ3v) is 3.21. The van der Waals surface area contributed by atoms with Crippen molar-refractivity contribution in [3.8, 4) is 0 Å². The number of carboxylic acid groups (broad SMARTS) is 1. The summed E-state index contributed by atoms with van der Waals surface area (Å²) in [6, 6.07) is 0. The predicted molar refractivity (Wildman–Crippen MR) is 57.0 cm³/mol. The van der Waals surface area contributed by atoms with Crippen LogP contribution in [-0.2, 0) is 19.1 Å². The van der Waals surface area contributed by atoms with Crippen molar-refractivity contribution in [2.75, 3.05) is 19.8 Å². The lowest BCUT2D eigenvalue weighted by molar-refractivity contribution is -0.155. The van der Waals surface area contributed by atoms with Crippen molar-refractivity contribution in [2.24, 2.45) is 0 Å². The molecule has 2 aliphatic heterocycles. The topological polar surface area (TPSA) is 76.1 Å². The molecular formula is C11H15NO5. The lowest BCUT2D eigenvalue weighted by atomic mass is 9.99. The molecule has 1 amide bonds. The maximum Gasteiger partial charge on any atom is 0.329 e. The lowest BCUT2D eigenvalue weighted by Gasteiger charge is -2.32. The molecule has 0 aromatic carbocycles. The Balaban J connectivity index is 2.19. The van der Waals surface area contributed by atoms with E-state index >= 15 is 0 Å². The molecule has 2 aliphatic rings. The van der Waals surface area contributed by atoms with Gasteiger partial charge in [0.2, 0.25) is 5.76 Å². The van der Waals surface area contributed by atoms with Crippen LogP contribution in [0.5, 0.6) is 0 Å². The van der Waals surface area contributed by atoms with Crippen LogP contribution in [0.15, 0.2) is 12.0 Å². The molecule has 0 aliphatic carbocycles. The summed E-state index contributed by atoms with van der Waals surface area (Å²) in [4.78, 5) is 24.7. The van der Waals surface area contributed by atoms with E-state index in [1.807, 2.05) is 0 Å². The second-order valence-electron chi connectivity index (χ2n) is 4.34. The number of amides is 1. The Hall–Kier alpha value is -1.72. The van der Waals surface area contributed by atoms with Crippen molar-refractivity contribution in [3.63, 3.8) is 0 Å². The van der Waals surface area contributed by atoms with Gasteiger partial charge in [-0.25, -0.2) is 4.79 Å². The van der Waals surface area contributed by atoms with Gasteiger partial charge in [0.1, 0.15) is 25.0 Å². The summed E-state index contributed by atoms with van der Waals surface area (Å²) in [6.07, 6.45) is 2.40. The summed E-state index contributed by atoms with van der Waals surface area (Å²) < 4.78 is 10.2. The van der Waals surface area contributed by atoms with Crippen LogP contribution in [0.2, 0.25) is 0 Å². The van der Waals surface area contributed by atoms with Crippen LogP contribution in [0, 0.1) is 0 Å². The van der Waals surface area contributed by atoms with Gasteiger partial charge in [0, 0.05) is 6.54 Å². The van der Waals surface area contributed by atoms with Crippen molar-refractivity contribution in [3.05, 3.63) is 12.0 Å². The summed E-state index contributed by atoms with van der Waals surface area (Å²) in [6.45, 7) is 2.72. The number of rotatable bonds is 2. The molecule has 0 radical (unpaired) electrons. The number of carbonyl (C=O) groups is 2. The normalized spacial score (nSPS) is 28.1. The van der Waals surface area contributed by atoms with Gasteiger partial charge in [0.05, 0.1) is 0 Å². The number of ether oxygens (including phenoxy) is 2. The van der Waals surface area contributed by atoms with Crippen molar-refractivity contribution >= 4 is 11.9 Å². The highest BCUT2D eigenvalue weighted by atomic mass is 16.6. The first-order valence-electron chi connectivity index (χ1n) is 5.55. The number of hydrogen-bond donors (Lipinski definition) is 1. The van der Waals surface area contributed by atoms with E-state index in [0.29, 0.717) is 32.6 Å². The zero-order chi connectivity index (χ0) is 12.5. The van der Waals surface area contributed by atoms with Crippen LogP contribution in [0.1, 0.15) is 19.8 Å². The molecule has 0 aromatic heterocycles. The zero-order valence-electron chi connectivity index (χ0n) is 9.64. The number of carboxylic acids is 1. The van der Waals surface area contributed by atoms with E-state index in [-0.39, 0.29) is 5.76 Å². The fourth-order valence-electron chi connectivity index (χ4n) is 2.12. The molecule has 17 heavy (non-hydrogen) atoms. The minimum absolute atomic E-state index is 0.0885. The highest BCUT2D eigenvalue weighted by Gasteiger charge is 2.47. The highest BCUT2D eigenvalue weighted by Crippen LogP contribution is 2.31. The van der Waals surface area contributed by atoms with E-state index in [0.717, 1.165) is 0 Å². The molecule has 1 fully saturated rings. The first-order valence-corrected chi connectivity index (χ1v) is 5.55. The van der Waals surface area contributed by atoms with Crippen LogP contribution < -0.4 is 0 Å². The summed E-state index contributed by atoms with van der Waals surface area (Å²) >= 11 is 0. The highest BCUT2D eigenvalue weighted by molar-refractivity contribution is 5.96. The van der Waals surface area contributed by atoms with Gasteiger partial charge >= 0.3 is 5.97 Å². The summed E-state index contributed by atoms with van der Waals surface area (Å²) in [7, 11) is 0. The fraction of sp³-hybridized carbons (Fsp3) is 0.636. The standard InChI is InChI=1S/C11H15NO5/c1-11(10(14)15)3-2-4-12(11)9(13)8-7-16-5-6-17-8/h7H,2-6H2,1H3,(H,14,15). The van der Waals surface area contributed by atoms with Gasteiger partial charge in [-0.2, -0.15) is 0 Å². The molecule has 94 valence electrons. The molecule has 1 unspecified atom stereocenters. The van der Waals surface area contributed by atoms with Gasteiger partial charge in [-0.05, 0) is 19.8 Å². The molecule has 0 aromatic rings. The van der Waals surface area contributed by atoms with Crippen molar-refractivity contribution in [1.82, 2.24) is 4.90 Å². The molecule has 1 saturated heterocycles. The number of aliphatic carboxylic acids is 1. The van der Waals surface area contributed by atoms with E-state index in [1.165, 1.54) is 11.2 Å². The minimum Gasteiger partial charge on any atom is -0.494 e. The average Bonchev–Trinajstić information content (AvgIpc) is 2.73. The van der Waals surface area contributed by atoms with Crippen LogP contribution in [0.4, 0.5) is 0 Å². The lowest BCUT2D eigenvalue weighted by Crippen LogP contribution is -2.51. The SMILES string of the molecule is CC1(C(=O)O)CCCN1C(=O)C1=COCCO1. The van der Waals surface area contributed by atoms with Gasteiger partial charge in [-0.3, -0.25) is 4.79 Å². The summed E-state index contributed by atoms with van der Waals surface area (Å²) in [5.41, 5.74) is -1.14. The first kappa shape index (κ1) is 11.8. The quantitative estimate of drug-likeness (QED) is 0.754. The largest absolute Gasteiger partial charge is 0.494 e. The third-order valence-electron chi connectivity index (χ3n) is 3.21. The van der Waals surface area contributed by atoms with E-state index in [2.05, 4.69) is 0 Å². The van der Waals surface area contributed by atoms with Gasteiger partial charge in [0.15, 0.2) is 0 Å². The Bertz CT molecular complexity index is 378. The molecule has 2 rings (SSSR count). The first-order chi connectivity index (χ1) is 8.05. The van der Waals surface area contributed by atoms with Gasteiger partial charge in [-0.1, -0.05) is 0 Å². The fourth-order valence-corrected chi connectivity index (χ4v) is 2.12. The Labute approximate surface area is 98.8 Å². The van der Waals surface area contributed by atoms with Gasteiger partial charge < -0.3 is 19.5 Å². The second kappa shape index (κ2) is 4.27. The molecule has 0 saturated carbocycles. The maximum atomic E-state index is 12.1. The molecule has 6 heteroatoms. The van der Waals surface area contributed by atoms with Crippen LogP contribution >= 0.6 is 0 Å². The van der Waals surface area contributed by atoms with Gasteiger partial charge in [0.25, 0.3) is 5.91 Å². The molecule has 0 spiro atoms. The molecular weight excluding hydrogens is 226 g/mol. The second-order valence-corrected chi connectivity index (χ2v) is 4.34. The van der Waals surface area contributed by atoms with E-state index < -0.39 is 17.4 Å². The number of hydrogen-bond acceptors (Lipinski definition) is 4. The Morgan fingerprint density at radius 1 is 1.47 bits per heavy atom. The number of nitrogens with zero attached hydrogens (tertiary/aromatic N) is 1. The van der Waals surface area contributed by atoms with E-state index in [4.69, 9.17) is 9.47 Å². The van der Waals surface area contributed by atoms with Crippen LogP contribution in [0.25, 0.3) is 0 Å². The van der Waals surface area contributed by atoms with Crippen LogP contribution in [0.3, 0.4) is 0 Å². The summed E-state index contributed by atoms with van der Waals surface area (Å²) in [5, 5.41) is 9.20. The number of carbonyl (C=O) groups excluding carboxylic acids is 1. The van der Waals surface area contributed by atoms with Crippen molar-refractivity contribution in [2.45, 2.75) is 25.3 Å². The Morgan fingerprint density at radius 3 is 2.82 bits per heavy atom. The molecule has 1 N–H and O–H groups in total. The zero-order valence-corrected chi connectivity index (χ0v) is 9.64. The molecule has 0 bridgehead atoms. The van der Waals surface area contributed by atoms with Crippen LogP contribution in [-0.4, -0.2) is 47.2 Å². The monoisotopic (exact) mass is 241 g/mol. The van der Waals surface area contributed by atoms with Crippen molar-refractivity contribution in [1.29, 1.82) is 0 Å². The van der Waals surface area contributed by atoms with E-state index in [1.54, 1.807) is 6.92 Å². The van der Waals surface area contributed by atoms with Gasteiger partial charge in [-0.15, -0.1) is 0 Å². The maximum absolute atomic E-state index is 12.1. The Kier molecular flexibility index (Phi) is 2.95. The average molecular weight is 241 g/mol. The smallest absolute Gasteiger partial charge is 0.329 e. The van der Waals surface area contributed by atoms with Crippen molar-refractivity contribution < 1.29 is 24.2 Å². The number of likely N-dealkylation sites (tertiary alicyclic amines) is 1. The molecule has 2 heterocycles. The Morgan fingerprint density at radius 2 is 2.24 bits per heavy atom. The van der Waals surface area contributed by atoms with E-state index in [9.17, 15) is 14.7 Å². The molecule has 1 atom stereocenters. The predicted octanol–water partition coefficient (Wildman–Crippen LogP) is 0.340. The summed E-state index contributed by atoms with van der Waals surface area (Å²) in [5.74, 6) is -1.31. The molecule has 6 nitrogen and oxygen atoms in total.